The van der Waals surface area contributed by atoms with Gasteiger partial charge in [0.1, 0.15) is 17.3 Å². The molecule has 1 fully saturated rings. The Morgan fingerprint density at radius 1 is 1.12 bits per heavy atom. The first-order valence-corrected chi connectivity index (χ1v) is 11.0. The largest absolute Gasteiger partial charge is 0.507 e. The molecule has 33 heavy (non-hydrogen) atoms. The third-order valence-corrected chi connectivity index (χ3v) is 5.90. The van der Waals surface area contributed by atoms with Crippen molar-refractivity contribution < 1.29 is 24.2 Å². The van der Waals surface area contributed by atoms with Crippen LogP contribution in [-0.2, 0) is 9.59 Å². The summed E-state index contributed by atoms with van der Waals surface area (Å²) in [6.45, 7) is 2.93. The van der Waals surface area contributed by atoms with Crippen LogP contribution < -0.4 is 9.47 Å². The fourth-order valence-electron chi connectivity index (χ4n) is 4.06. The lowest BCUT2D eigenvalue weighted by molar-refractivity contribution is -0.139. The molecule has 0 saturated carbocycles. The van der Waals surface area contributed by atoms with E-state index in [0.29, 0.717) is 29.3 Å². The highest BCUT2D eigenvalue weighted by Gasteiger charge is 2.46. The second-order valence-electron chi connectivity index (χ2n) is 8.25. The number of benzene rings is 2. The monoisotopic (exact) mass is 472 g/mol. The zero-order chi connectivity index (χ0) is 24.3. The molecule has 7 nitrogen and oxygen atoms in total. The number of hydrogen-bond donors (Lipinski definition) is 1. The second kappa shape index (κ2) is 10.3. The highest BCUT2D eigenvalue weighted by Crippen LogP contribution is 2.43. The summed E-state index contributed by atoms with van der Waals surface area (Å²) < 4.78 is 10.7. The predicted molar refractivity (Wildman–Crippen MR) is 128 cm³/mol. The van der Waals surface area contributed by atoms with Crippen molar-refractivity contribution in [1.29, 1.82) is 0 Å². The van der Waals surface area contributed by atoms with Crippen LogP contribution in [0.25, 0.3) is 5.76 Å². The van der Waals surface area contributed by atoms with Gasteiger partial charge in [-0.2, -0.15) is 0 Å². The summed E-state index contributed by atoms with van der Waals surface area (Å²) in [5.74, 6) is -0.805. The van der Waals surface area contributed by atoms with Crippen molar-refractivity contribution in [2.75, 3.05) is 41.4 Å². The molecule has 1 atom stereocenters. The first-order chi connectivity index (χ1) is 15.7. The number of Topliss-reactive ketones (excluding diaryl/α,β-unsaturated/α-hetero) is 1. The Hall–Kier alpha value is -3.03. The van der Waals surface area contributed by atoms with Crippen molar-refractivity contribution in [1.82, 2.24) is 9.80 Å². The summed E-state index contributed by atoms with van der Waals surface area (Å²) in [7, 11) is 6.90. The smallest absolute Gasteiger partial charge is 0.295 e. The van der Waals surface area contributed by atoms with Crippen molar-refractivity contribution in [3.63, 3.8) is 0 Å². The number of halogens is 1. The van der Waals surface area contributed by atoms with E-state index in [1.807, 2.05) is 25.9 Å². The number of aliphatic hydroxyl groups excluding tert-OH is 1. The van der Waals surface area contributed by atoms with Crippen molar-refractivity contribution >= 4 is 29.1 Å². The first-order valence-electron chi connectivity index (χ1n) is 10.6. The number of ketones is 1. The Labute approximate surface area is 199 Å². The Morgan fingerprint density at radius 3 is 2.36 bits per heavy atom. The maximum atomic E-state index is 13.2. The van der Waals surface area contributed by atoms with E-state index in [1.54, 1.807) is 43.5 Å². The SMILES string of the molecule is COc1ccc(C2/C(=C(\O)c3cc(C)cc(Cl)c3OC)C(=O)C(=O)N2CCCN(C)C)cc1. The van der Waals surface area contributed by atoms with E-state index in [0.717, 1.165) is 12.1 Å². The number of rotatable bonds is 8. The number of carbonyl (C=O) groups is 2. The van der Waals surface area contributed by atoms with Gasteiger partial charge in [-0.1, -0.05) is 23.7 Å². The van der Waals surface area contributed by atoms with E-state index >= 15 is 0 Å². The Kier molecular flexibility index (Phi) is 7.66. The Bertz CT molecular complexity index is 1080. The molecular formula is C25H29ClN2O5. The molecule has 1 amide bonds. The summed E-state index contributed by atoms with van der Waals surface area (Å²) in [4.78, 5) is 29.8. The van der Waals surface area contributed by atoms with Crippen molar-refractivity contribution in [3.8, 4) is 11.5 Å². The van der Waals surface area contributed by atoms with Gasteiger partial charge in [0.15, 0.2) is 0 Å². The highest BCUT2D eigenvalue weighted by atomic mass is 35.5. The van der Waals surface area contributed by atoms with Crippen LogP contribution in [0.1, 0.15) is 29.2 Å². The summed E-state index contributed by atoms with van der Waals surface area (Å²) in [5.41, 5.74) is 1.75. The van der Waals surface area contributed by atoms with E-state index in [4.69, 9.17) is 21.1 Å². The van der Waals surface area contributed by atoms with E-state index < -0.39 is 17.7 Å². The number of hydrogen-bond acceptors (Lipinski definition) is 6. The number of aliphatic hydroxyl groups is 1. The van der Waals surface area contributed by atoms with Gasteiger partial charge in [0.05, 0.1) is 36.4 Å². The van der Waals surface area contributed by atoms with Crippen LogP contribution in [0.4, 0.5) is 0 Å². The Balaban J connectivity index is 2.18. The summed E-state index contributed by atoms with van der Waals surface area (Å²) in [6, 6.07) is 9.76. The minimum atomic E-state index is -0.748. The van der Waals surface area contributed by atoms with Gasteiger partial charge < -0.3 is 24.4 Å². The lowest BCUT2D eigenvalue weighted by atomic mass is 9.94. The molecule has 1 saturated heterocycles. The number of likely N-dealkylation sites (tertiary alicyclic amines) is 1. The molecular weight excluding hydrogens is 444 g/mol. The van der Waals surface area contributed by atoms with Crippen molar-refractivity contribution in [2.45, 2.75) is 19.4 Å². The molecule has 2 aromatic carbocycles. The average Bonchev–Trinajstić information content (AvgIpc) is 3.03. The third-order valence-electron chi connectivity index (χ3n) is 5.62. The van der Waals surface area contributed by atoms with Gasteiger partial charge in [-0.15, -0.1) is 0 Å². The molecule has 1 aliphatic rings. The van der Waals surface area contributed by atoms with Gasteiger partial charge in [-0.3, -0.25) is 9.59 Å². The van der Waals surface area contributed by atoms with Gasteiger partial charge in [-0.25, -0.2) is 0 Å². The molecule has 2 aromatic rings. The van der Waals surface area contributed by atoms with E-state index in [-0.39, 0.29) is 22.6 Å². The molecule has 1 N–H and O–H groups in total. The molecule has 1 aliphatic heterocycles. The van der Waals surface area contributed by atoms with E-state index in [1.165, 1.54) is 12.0 Å². The van der Waals surface area contributed by atoms with Crippen LogP contribution in [-0.4, -0.2) is 68.0 Å². The Morgan fingerprint density at radius 2 is 1.79 bits per heavy atom. The lowest BCUT2D eigenvalue weighted by Crippen LogP contribution is -2.32. The van der Waals surface area contributed by atoms with Crippen LogP contribution in [0.3, 0.4) is 0 Å². The van der Waals surface area contributed by atoms with Crippen LogP contribution in [0.15, 0.2) is 42.0 Å². The fraction of sp³-hybridized carbons (Fsp3) is 0.360. The van der Waals surface area contributed by atoms with Crippen molar-refractivity contribution in [2.24, 2.45) is 0 Å². The van der Waals surface area contributed by atoms with Gasteiger partial charge in [0.2, 0.25) is 0 Å². The van der Waals surface area contributed by atoms with Crippen LogP contribution in [0, 0.1) is 6.92 Å². The molecule has 3 rings (SSSR count). The summed E-state index contributed by atoms with van der Waals surface area (Å²) in [6.07, 6.45) is 0.673. The van der Waals surface area contributed by atoms with Crippen LogP contribution >= 0.6 is 11.6 Å². The quantitative estimate of drug-likeness (QED) is 0.355. The number of ether oxygens (including phenoxy) is 2. The molecule has 8 heteroatoms. The first kappa shape index (κ1) is 24.6. The molecule has 1 unspecified atom stereocenters. The lowest BCUT2D eigenvalue weighted by Gasteiger charge is -2.26. The van der Waals surface area contributed by atoms with Gasteiger partial charge >= 0.3 is 0 Å². The molecule has 176 valence electrons. The number of aryl methyl sites for hydroxylation is 1. The molecule has 0 bridgehead atoms. The van der Waals surface area contributed by atoms with Crippen LogP contribution in [0.2, 0.25) is 5.02 Å². The maximum absolute atomic E-state index is 13.2. The second-order valence-corrected chi connectivity index (χ2v) is 8.66. The van der Waals surface area contributed by atoms with Gasteiger partial charge in [0.25, 0.3) is 11.7 Å². The molecule has 0 spiro atoms. The summed E-state index contributed by atoms with van der Waals surface area (Å²) in [5, 5.41) is 11.6. The number of carbonyl (C=O) groups excluding carboxylic acids is 2. The van der Waals surface area contributed by atoms with Gasteiger partial charge in [-0.05, 0) is 69.4 Å². The molecule has 0 aliphatic carbocycles. The predicted octanol–water partition coefficient (Wildman–Crippen LogP) is 4.04. The standard InChI is InChI=1S/C25H29ClN2O5/c1-15-13-18(24(33-5)19(26)14-15)22(29)20-21(16-7-9-17(32-4)10-8-16)28(25(31)23(20)30)12-6-11-27(2)3/h7-10,13-14,21,29H,6,11-12H2,1-5H3/b22-20+. The van der Waals surface area contributed by atoms with Gasteiger partial charge in [0, 0.05) is 6.54 Å². The highest BCUT2D eigenvalue weighted by molar-refractivity contribution is 6.46. The average molecular weight is 473 g/mol. The zero-order valence-electron chi connectivity index (χ0n) is 19.5. The topological polar surface area (TPSA) is 79.3 Å². The van der Waals surface area contributed by atoms with E-state index in [9.17, 15) is 14.7 Å². The minimum Gasteiger partial charge on any atom is -0.507 e. The normalized spacial score (nSPS) is 17.7. The zero-order valence-corrected chi connectivity index (χ0v) is 20.3. The van der Waals surface area contributed by atoms with E-state index in [2.05, 4.69) is 0 Å². The number of amides is 1. The number of methoxy groups -OCH3 is 2. The van der Waals surface area contributed by atoms with Crippen LogP contribution in [0.5, 0.6) is 11.5 Å². The minimum absolute atomic E-state index is 0.00925. The third kappa shape index (κ3) is 4.99. The number of nitrogens with zero attached hydrogens (tertiary/aromatic N) is 2. The molecule has 1 heterocycles. The van der Waals surface area contributed by atoms with Crippen molar-refractivity contribution in [3.05, 3.63) is 63.7 Å². The molecule has 0 radical (unpaired) electrons. The fourth-order valence-corrected chi connectivity index (χ4v) is 4.41. The summed E-state index contributed by atoms with van der Waals surface area (Å²) >= 11 is 6.32. The molecule has 0 aromatic heterocycles. The maximum Gasteiger partial charge on any atom is 0.295 e.